The molecule has 18 heavy (non-hydrogen) atoms. The van der Waals surface area contributed by atoms with Crippen molar-refractivity contribution in [1.29, 1.82) is 0 Å². The van der Waals surface area contributed by atoms with E-state index in [9.17, 15) is 4.79 Å². The van der Waals surface area contributed by atoms with Crippen molar-refractivity contribution in [3.63, 3.8) is 0 Å². The fourth-order valence-electron chi connectivity index (χ4n) is 1.51. The zero-order chi connectivity index (χ0) is 13.0. The van der Waals surface area contributed by atoms with Gasteiger partial charge in [0.1, 0.15) is 0 Å². The van der Waals surface area contributed by atoms with Crippen LogP contribution in [0.25, 0.3) is 0 Å². The minimum absolute atomic E-state index is 0.322. The Hall–Kier alpha value is -1.33. The van der Waals surface area contributed by atoms with E-state index in [1.165, 1.54) is 12.0 Å². The zero-order valence-electron chi connectivity index (χ0n) is 9.77. The maximum Gasteiger partial charge on any atom is 0.337 e. The van der Waals surface area contributed by atoms with Crippen molar-refractivity contribution in [1.82, 2.24) is 0 Å². The number of rotatable bonds is 4. The van der Waals surface area contributed by atoms with Crippen LogP contribution in [0.3, 0.4) is 0 Å². The lowest BCUT2D eigenvalue weighted by Gasteiger charge is -2.06. The summed E-state index contributed by atoms with van der Waals surface area (Å²) in [6, 6.07) is 9.35. The van der Waals surface area contributed by atoms with Gasteiger partial charge in [-0.25, -0.2) is 4.79 Å². The first kappa shape index (κ1) is 13.1. The van der Waals surface area contributed by atoms with E-state index in [0.29, 0.717) is 5.56 Å². The number of thiophene rings is 1. The zero-order valence-corrected chi connectivity index (χ0v) is 12.2. The molecule has 3 nitrogen and oxygen atoms in total. The molecule has 0 saturated heterocycles. The molecule has 2 aromatic rings. The number of carbonyl (C=O) groups excluding carboxylic acids is 1. The summed E-state index contributed by atoms with van der Waals surface area (Å²) in [5, 5.41) is 5.32. The summed E-state index contributed by atoms with van der Waals surface area (Å²) in [7, 11) is 1.38. The lowest BCUT2D eigenvalue weighted by atomic mass is 10.2. The van der Waals surface area contributed by atoms with Crippen LogP contribution >= 0.6 is 27.3 Å². The second kappa shape index (κ2) is 6.02. The van der Waals surface area contributed by atoms with Crippen LogP contribution in [0.1, 0.15) is 15.2 Å². The maximum absolute atomic E-state index is 11.4. The number of anilines is 1. The summed E-state index contributed by atoms with van der Waals surface area (Å²) in [5.41, 5.74) is 1.46. The number of ether oxygens (including phenoxy) is 1. The van der Waals surface area contributed by atoms with E-state index in [2.05, 4.69) is 32.0 Å². The summed E-state index contributed by atoms with van der Waals surface area (Å²) in [4.78, 5) is 12.6. The SMILES string of the molecule is COC(=O)c1cccc(NCc2cc(Br)cs2)c1. The van der Waals surface area contributed by atoms with Crippen molar-refractivity contribution >= 4 is 38.9 Å². The first-order chi connectivity index (χ1) is 8.69. The van der Waals surface area contributed by atoms with Gasteiger partial charge < -0.3 is 10.1 Å². The van der Waals surface area contributed by atoms with E-state index >= 15 is 0 Å². The molecule has 0 atom stereocenters. The quantitative estimate of drug-likeness (QED) is 0.866. The van der Waals surface area contributed by atoms with Crippen LogP contribution in [0.5, 0.6) is 0 Å². The Balaban J connectivity index is 2.03. The number of nitrogens with one attached hydrogen (secondary N) is 1. The van der Waals surface area contributed by atoms with Gasteiger partial charge in [-0.3, -0.25) is 0 Å². The molecule has 1 N–H and O–H groups in total. The van der Waals surface area contributed by atoms with Crippen LogP contribution in [0.2, 0.25) is 0 Å². The van der Waals surface area contributed by atoms with Gasteiger partial charge in [-0.05, 0) is 40.2 Å². The molecule has 0 saturated carbocycles. The minimum atomic E-state index is -0.322. The molecular weight excluding hydrogens is 314 g/mol. The normalized spacial score (nSPS) is 10.1. The smallest absolute Gasteiger partial charge is 0.337 e. The predicted molar refractivity (Wildman–Crippen MR) is 77.1 cm³/mol. The third-order valence-corrected chi connectivity index (χ3v) is 4.07. The van der Waals surface area contributed by atoms with Crippen molar-refractivity contribution in [3.05, 3.63) is 50.6 Å². The second-order valence-electron chi connectivity index (χ2n) is 3.66. The van der Waals surface area contributed by atoms with Crippen molar-refractivity contribution in [2.45, 2.75) is 6.54 Å². The van der Waals surface area contributed by atoms with E-state index in [1.54, 1.807) is 23.5 Å². The lowest BCUT2D eigenvalue weighted by Crippen LogP contribution is -2.03. The van der Waals surface area contributed by atoms with Gasteiger partial charge in [0.15, 0.2) is 0 Å². The second-order valence-corrected chi connectivity index (χ2v) is 5.57. The third kappa shape index (κ3) is 3.34. The Bertz CT molecular complexity index is 553. The standard InChI is InChI=1S/C13H12BrNO2S/c1-17-13(16)9-3-2-4-11(5-9)15-7-12-6-10(14)8-18-12/h2-6,8,15H,7H2,1H3. The van der Waals surface area contributed by atoms with Gasteiger partial charge in [0.05, 0.1) is 12.7 Å². The fraction of sp³-hybridized carbons (Fsp3) is 0.154. The lowest BCUT2D eigenvalue weighted by molar-refractivity contribution is 0.0601. The van der Waals surface area contributed by atoms with Gasteiger partial charge in [-0.1, -0.05) is 6.07 Å². The molecule has 0 spiro atoms. The van der Waals surface area contributed by atoms with E-state index < -0.39 is 0 Å². The predicted octanol–water partition coefficient (Wildman–Crippen LogP) is 3.91. The van der Waals surface area contributed by atoms with E-state index in [4.69, 9.17) is 0 Å². The largest absolute Gasteiger partial charge is 0.465 e. The van der Waals surface area contributed by atoms with E-state index in [1.807, 2.05) is 17.5 Å². The fourth-order valence-corrected chi connectivity index (χ4v) is 2.90. The van der Waals surface area contributed by atoms with Gasteiger partial charge in [0, 0.05) is 27.0 Å². The highest BCUT2D eigenvalue weighted by Crippen LogP contribution is 2.21. The molecule has 0 aliphatic heterocycles. The van der Waals surface area contributed by atoms with Crippen LogP contribution in [0.15, 0.2) is 40.2 Å². The van der Waals surface area contributed by atoms with Gasteiger partial charge in [0.25, 0.3) is 0 Å². The van der Waals surface area contributed by atoms with Crippen molar-refractivity contribution < 1.29 is 9.53 Å². The summed E-state index contributed by atoms with van der Waals surface area (Å²) in [6.07, 6.45) is 0. The van der Waals surface area contributed by atoms with Crippen molar-refractivity contribution in [2.75, 3.05) is 12.4 Å². The molecule has 0 aliphatic rings. The molecule has 0 amide bonds. The topological polar surface area (TPSA) is 38.3 Å². The monoisotopic (exact) mass is 325 g/mol. The Morgan fingerprint density at radius 2 is 2.28 bits per heavy atom. The molecule has 0 radical (unpaired) electrons. The number of esters is 1. The molecule has 0 unspecified atom stereocenters. The highest BCUT2D eigenvalue weighted by atomic mass is 79.9. The number of hydrogen-bond acceptors (Lipinski definition) is 4. The van der Waals surface area contributed by atoms with Crippen LogP contribution < -0.4 is 5.32 Å². The molecule has 1 heterocycles. The number of benzene rings is 1. The third-order valence-electron chi connectivity index (χ3n) is 2.37. The first-order valence-electron chi connectivity index (χ1n) is 5.34. The molecular formula is C13H12BrNO2S. The van der Waals surface area contributed by atoms with Gasteiger partial charge >= 0.3 is 5.97 Å². The molecule has 1 aromatic carbocycles. The highest BCUT2D eigenvalue weighted by Gasteiger charge is 2.05. The molecule has 2 rings (SSSR count). The Morgan fingerprint density at radius 1 is 1.44 bits per heavy atom. The summed E-state index contributed by atoms with van der Waals surface area (Å²) >= 11 is 5.10. The molecule has 94 valence electrons. The maximum atomic E-state index is 11.4. The summed E-state index contributed by atoms with van der Waals surface area (Å²) < 4.78 is 5.78. The molecule has 0 fully saturated rings. The van der Waals surface area contributed by atoms with Gasteiger partial charge in [-0.2, -0.15) is 0 Å². The number of hydrogen-bond donors (Lipinski definition) is 1. The highest BCUT2D eigenvalue weighted by molar-refractivity contribution is 9.10. The van der Waals surface area contributed by atoms with Crippen LogP contribution in [-0.2, 0) is 11.3 Å². The van der Waals surface area contributed by atoms with Crippen LogP contribution in [0.4, 0.5) is 5.69 Å². The van der Waals surface area contributed by atoms with Crippen LogP contribution in [-0.4, -0.2) is 13.1 Å². The average Bonchev–Trinajstić information content (AvgIpc) is 2.81. The van der Waals surface area contributed by atoms with E-state index in [-0.39, 0.29) is 5.97 Å². The molecule has 0 aliphatic carbocycles. The first-order valence-corrected chi connectivity index (χ1v) is 7.01. The Labute approximate surface area is 118 Å². The Kier molecular flexibility index (Phi) is 4.38. The van der Waals surface area contributed by atoms with Crippen molar-refractivity contribution in [2.24, 2.45) is 0 Å². The van der Waals surface area contributed by atoms with Crippen molar-refractivity contribution in [3.8, 4) is 0 Å². The number of halogens is 1. The van der Waals surface area contributed by atoms with Gasteiger partial charge in [-0.15, -0.1) is 11.3 Å². The molecule has 5 heteroatoms. The minimum Gasteiger partial charge on any atom is -0.465 e. The van der Waals surface area contributed by atoms with Gasteiger partial charge in [0.2, 0.25) is 0 Å². The van der Waals surface area contributed by atoms with Crippen LogP contribution in [0, 0.1) is 0 Å². The molecule has 1 aromatic heterocycles. The molecule has 0 bridgehead atoms. The average molecular weight is 326 g/mol. The number of methoxy groups -OCH3 is 1. The Morgan fingerprint density at radius 3 is 2.94 bits per heavy atom. The summed E-state index contributed by atoms with van der Waals surface area (Å²) in [6.45, 7) is 0.737. The van der Waals surface area contributed by atoms with E-state index in [0.717, 1.165) is 16.7 Å². The summed E-state index contributed by atoms with van der Waals surface area (Å²) in [5.74, 6) is -0.322. The number of carbonyl (C=O) groups is 1.